The summed E-state index contributed by atoms with van der Waals surface area (Å²) in [4.78, 5) is 14.6. The van der Waals surface area contributed by atoms with Crippen LogP contribution in [0.15, 0.2) is 6.33 Å². The summed E-state index contributed by atoms with van der Waals surface area (Å²) in [5.74, 6) is -0.799. The number of aliphatic carboxylic acids is 1. The number of fused-ring (bicyclic) bond motifs is 1. The van der Waals surface area contributed by atoms with E-state index < -0.39 is 5.97 Å². The highest BCUT2D eigenvalue weighted by molar-refractivity contribution is 5.85. The standard InChI is InChI=1S/C9H12N2O2.ClH/c12-9(13)5-7-8-3-1-2-4-11(8)6-10-7;/h6H,1-5H2,(H,12,13);1H. The van der Waals surface area contributed by atoms with Crippen molar-refractivity contribution >= 4 is 18.4 Å². The van der Waals surface area contributed by atoms with Crippen molar-refractivity contribution in [3.63, 3.8) is 0 Å². The van der Waals surface area contributed by atoms with E-state index in [1.165, 1.54) is 6.42 Å². The van der Waals surface area contributed by atoms with Crippen molar-refractivity contribution in [2.75, 3.05) is 0 Å². The molecule has 0 fully saturated rings. The van der Waals surface area contributed by atoms with Crippen molar-refractivity contribution in [3.8, 4) is 0 Å². The fourth-order valence-corrected chi connectivity index (χ4v) is 1.80. The van der Waals surface area contributed by atoms with Gasteiger partial charge in [-0.3, -0.25) is 4.79 Å². The fourth-order valence-electron chi connectivity index (χ4n) is 1.80. The number of rotatable bonds is 2. The molecule has 1 aliphatic heterocycles. The van der Waals surface area contributed by atoms with Gasteiger partial charge in [0.15, 0.2) is 0 Å². The van der Waals surface area contributed by atoms with Gasteiger partial charge in [0.1, 0.15) is 0 Å². The Balaban J connectivity index is 0.000000980. The third-order valence-corrected chi connectivity index (χ3v) is 2.41. The van der Waals surface area contributed by atoms with E-state index in [-0.39, 0.29) is 18.8 Å². The SMILES string of the molecule is Cl.O=C(O)Cc1ncn2c1CCCC2. The molecule has 0 saturated carbocycles. The van der Waals surface area contributed by atoms with Crippen LogP contribution in [0.2, 0.25) is 0 Å². The lowest BCUT2D eigenvalue weighted by atomic mass is 10.1. The lowest BCUT2D eigenvalue weighted by Gasteiger charge is -2.14. The largest absolute Gasteiger partial charge is 0.481 e. The van der Waals surface area contributed by atoms with Crippen molar-refractivity contribution in [1.82, 2.24) is 9.55 Å². The van der Waals surface area contributed by atoms with Gasteiger partial charge in [0, 0.05) is 12.2 Å². The van der Waals surface area contributed by atoms with Crippen molar-refractivity contribution in [1.29, 1.82) is 0 Å². The minimum atomic E-state index is -0.799. The highest BCUT2D eigenvalue weighted by Gasteiger charge is 2.16. The molecule has 0 aliphatic carbocycles. The van der Waals surface area contributed by atoms with Crippen LogP contribution >= 0.6 is 12.4 Å². The molecule has 0 amide bonds. The molecule has 0 unspecified atom stereocenters. The number of carboxylic acid groups (broad SMARTS) is 1. The molecule has 2 heterocycles. The molecule has 0 saturated heterocycles. The van der Waals surface area contributed by atoms with E-state index >= 15 is 0 Å². The minimum Gasteiger partial charge on any atom is -0.481 e. The molecule has 1 aromatic rings. The maximum atomic E-state index is 10.5. The Labute approximate surface area is 88.4 Å². The van der Waals surface area contributed by atoms with Crippen LogP contribution in [-0.2, 0) is 24.2 Å². The fraction of sp³-hybridized carbons (Fsp3) is 0.556. The highest BCUT2D eigenvalue weighted by atomic mass is 35.5. The maximum Gasteiger partial charge on any atom is 0.309 e. The predicted molar refractivity (Wildman–Crippen MR) is 53.8 cm³/mol. The topological polar surface area (TPSA) is 55.1 Å². The molecule has 2 rings (SSSR count). The summed E-state index contributed by atoms with van der Waals surface area (Å²) < 4.78 is 2.07. The van der Waals surface area contributed by atoms with Crippen LogP contribution in [0, 0.1) is 0 Å². The van der Waals surface area contributed by atoms with E-state index in [1.807, 2.05) is 0 Å². The van der Waals surface area contributed by atoms with E-state index in [0.717, 1.165) is 30.8 Å². The summed E-state index contributed by atoms with van der Waals surface area (Å²) in [5.41, 5.74) is 1.86. The molecule has 5 heteroatoms. The van der Waals surface area contributed by atoms with Crippen molar-refractivity contribution in [2.24, 2.45) is 0 Å². The third kappa shape index (κ3) is 2.07. The number of hydrogen-bond donors (Lipinski definition) is 1. The summed E-state index contributed by atoms with van der Waals surface area (Å²) >= 11 is 0. The first kappa shape index (κ1) is 11.0. The normalized spacial score (nSPS) is 14.3. The number of hydrogen-bond acceptors (Lipinski definition) is 2. The minimum absolute atomic E-state index is 0. The molecule has 1 aliphatic rings. The van der Waals surface area contributed by atoms with Crippen molar-refractivity contribution in [3.05, 3.63) is 17.7 Å². The van der Waals surface area contributed by atoms with Gasteiger partial charge in [-0.2, -0.15) is 0 Å². The maximum absolute atomic E-state index is 10.5. The number of imidazole rings is 1. The van der Waals surface area contributed by atoms with Crippen LogP contribution in [0.1, 0.15) is 24.2 Å². The second-order valence-electron chi connectivity index (χ2n) is 3.36. The predicted octanol–water partition coefficient (Wildman–Crippen LogP) is 1.27. The Morgan fingerprint density at radius 3 is 3.07 bits per heavy atom. The van der Waals surface area contributed by atoms with E-state index in [2.05, 4.69) is 9.55 Å². The van der Waals surface area contributed by atoms with Crippen molar-refractivity contribution in [2.45, 2.75) is 32.2 Å². The second-order valence-corrected chi connectivity index (χ2v) is 3.36. The molecule has 78 valence electrons. The molecule has 0 atom stereocenters. The number of aryl methyl sites for hydroxylation is 1. The summed E-state index contributed by atoms with van der Waals surface area (Å²) in [6, 6.07) is 0. The molecule has 0 spiro atoms. The Morgan fingerprint density at radius 2 is 2.36 bits per heavy atom. The molecule has 1 N–H and O–H groups in total. The number of aromatic nitrogens is 2. The molecule has 0 aromatic carbocycles. The van der Waals surface area contributed by atoms with Crippen LogP contribution in [0.4, 0.5) is 0 Å². The Hall–Kier alpha value is -1.03. The smallest absolute Gasteiger partial charge is 0.309 e. The van der Waals surface area contributed by atoms with E-state index in [0.29, 0.717) is 0 Å². The van der Waals surface area contributed by atoms with Gasteiger partial charge >= 0.3 is 5.97 Å². The first-order valence-corrected chi connectivity index (χ1v) is 4.52. The monoisotopic (exact) mass is 216 g/mol. The first-order chi connectivity index (χ1) is 6.27. The zero-order valence-electron chi connectivity index (χ0n) is 7.77. The molecule has 0 radical (unpaired) electrons. The molecular formula is C9H13ClN2O2. The zero-order valence-corrected chi connectivity index (χ0v) is 8.59. The summed E-state index contributed by atoms with van der Waals surface area (Å²) in [6.07, 6.45) is 5.12. The van der Waals surface area contributed by atoms with Gasteiger partial charge in [-0.15, -0.1) is 12.4 Å². The molecule has 14 heavy (non-hydrogen) atoms. The zero-order chi connectivity index (χ0) is 9.26. The van der Waals surface area contributed by atoms with Gasteiger partial charge in [-0.05, 0) is 19.3 Å². The third-order valence-electron chi connectivity index (χ3n) is 2.41. The first-order valence-electron chi connectivity index (χ1n) is 4.52. The van der Waals surface area contributed by atoms with Gasteiger partial charge in [0.2, 0.25) is 0 Å². The quantitative estimate of drug-likeness (QED) is 0.810. The molecule has 1 aromatic heterocycles. The van der Waals surface area contributed by atoms with Crippen LogP contribution in [0.3, 0.4) is 0 Å². The summed E-state index contributed by atoms with van der Waals surface area (Å²) in [5, 5.41) is 8.64. The van der Waals surface area contributed by atoms with Crippen LogP contribution in [0.5, 0.6) is 0 Å². The van der Waals surface area contributed by atoms with Gasteiger partial charge in [-0.25, -0.2) is 4.98 Å². The van der Waals surface area contributed by atoms with Crippen LogP contribution < -0.4 is 0 Å². The lowest BCUT2D eigenvalue weighted by Crippen LogP contribution is -2.11. The number of nitrogens with zero attached hydrogens (tertiary/aromatic N) is 2. The van der Waals surface area contributed by atoms with E-state index in [9.17, 15) is 4.79 Å². The Bertz CT molecular complexity index is 336. The summed E-state index contributed by atoms with van der Waals surface area (Å²) in [7, 11) is 0. The molecule has 4 nitrogen and oxygen atoms in total. The lowest BCUT2D eigenvalue weighted by molar-refractivity contribution is -0.136. The average molecular weight is 217 g/mol. The Kier molecular flexibility index (Phi) is 3.52. The van der Waals surface area contributed by atoms with Gasteiger partial charge < -0.3 is 9.67 Å². The highest BCUT2D eigenvalue weighted by Crippen LogP contribution is 2.17. The molecular weight excluding hydrogens is 204 g/mol. The van der Waals surface area contributed by atoms with Crippen LogP contribution in [-0.4, -0.2) is 20.6 Å². The second kappa shape index (κ2) is 4.46. The molecule has 0 bridgehead atoms. The van der Waals surface area contributed by atoms with Crippen LogP contribution in [0.25, 0.3) is 0 Å². The van der Waals surface area contributed by atoms with E-state index in [1.54, 1.807) is 6.33 Å². The number of halogens is 1. The van der Waals surface area contributed by atoms with Crippen molar-refractivity contribution < 1.29 is 9.90 Å². The van der Waals surface area contributed by atoms with Gasteiger partial charge in [0.05, 0.1) is 18.4 Å². The summed E-state index contributed by atoms with van der Waals surface area (Å²) in [6.45, 7) is 0.988. The Morgan fingerprint density at radius 1 is 1.57 bits per heavy atom. The van der Waals surface area contributed by atoms with Gasteiger partial charge in [0.25, 0.3) is 0 Å². The average Bonchev–Trinajstić information content (AvgIpc) is 2.48. The number of carboxylic acids is 1. The van der Waals surface area contributed by atoms with E-state index in [4.69, 9.17) is 5.11 Å². The number of carbonyl (C=O) groups is 1. The van der Waals surface area contributed by atoms with Gasteiger partial charge in [-0.1, -0.05) is 0 Å².